The first-order valence-electron chi connectivity index (χ1n) is 7.91. The quantitative estimate of drug-likeness (QED) is 0.812. The molecule has 21 heavy (non-hydrogen) atoms. The first-order chi connectivity index (χ1) is 10.2. The smallest absolute Gasteiger partial charge is 0.0762 e. The molecule has 0 amide bonds. The number of benzene rings is 1. The largest absolute Gasteiger partial charge is 0.394 e. The third-order valence-electron chi connectivity index (χ3n) is 4.50. The topological polar surface area (TPSA) is 41.5 Å². The summed E-state index contributed by atoms with van der Waals surface area (Å²) in [6.45, 7) is 3.16. The molecule has 2 N–H and O–H groups in total. The van der Waals surface area contributed by atoms with E-state index in [1.165, 1.54) is 18.4 Å². The van der Waals surface area contributed by atoms with Crippen molar-refractivity contribution in [3.63, 3.8) is 0 Å². The highest BCUT2D eigenvalue weighted by Crippen LogP contribution is 2.35. The van der Waals surface area contributed by atoms with E-state index >= 15 is 0 Å². The lowest BCUT2D eigenvalue weighted by atomic mass is 9.92. The van der Waals surface area contributed by atoms with E-state index < -0.39 is 0 Å². The van der Waals surface area contributed by atoms with Crippen molar-refractivity contribution in [1.82, 2.24) is 5.32 Å². The Bertz CT molecular complexity index is 451. The minimum absolute atomic E-state index is 0.141. The summed E-state index contributed by atoms with van der Waals surface area (Å²) in [5, 5.41) is 14.4. The highest BCUT2D eigenvalue weighted by Gasteiger charge is 2.38. The predicted octanol–water partition coefficient (Wildman–Crippen LogP) is 2.54. The summed E-state index contributed by atoms with van der Waals surface area (Å²) in [4.78, 5) is 0. The molecule has 0 bridgehead atoms. The summed E-state index contributed by atoms with van der Waals surface area (Å²) in [5.41, 5.74) is 0.869. The van der Waals surface area contributed by atoms with Crippen molar-refractivity contribution in [1.29, 1.82) is 0 Å². The van der Waals surface area contributed by atoms with Gasteiger partial charge in [0.25, 0.3) is 0 Å². The molecule has 1 aliphatic heterocycles. The molecular formula is C17H25NO2S. The molecule has 0 aromatic heterocycles. The van der Waals surface area contributed by atoms with E-state index in [2.05, 4.69) is 36.5 Å². The van der Waals surface area contributed by atoms with Crippen LogP contribution in [0.2, 0.25) is 0 Å². The number of ether oxygens (including phenoxy) is 1. The van der Waals surface area contributed by atoms with Crippen molar-refractivity contribution in [2.75, 3.05) is 19.0 Å². The van der Waals surface area contributed by atoms with Crippen LogP contribution in [0.4, 0.5) is 0 Å². The molecule has 2 aliphatic rings. The molecule has 4 heteroatoms. The fourth-order valence-corrected chi connectivity index (χ4v) is 4.40. The van der Waals surface area contributed by atoms with Crippen LogP contribution < -0.4 is 5.32 Å². The molecule has 2 fully saturated rings. The molecule has 0 spiro atoms. The van der Waals surface area contributed by atoms with Gasteiger partial charge < -0.3 is 15.2 Å². The number of aliphatic hydroxyl groups is 1. The molecule has 0 radical (unpaired) electrons. The van der Waals surface area contributed by atoms with Crippen LogP contribution >= 0.6 is 11.8 Å². The van der Waals surface area contributed by atoms with Crippen LogP contribution in [-0.2, 0) is 10.3 Å². The fraction of sp³-hybridized carbons (Fsp3) is 0.647. The van der Waals surface area contributed by atoms with Crippen molar-refractivity contribution < 1.29 is 9.84 Å². The maximum absolute atomic E-state index is 10.1. The number of aliphatic hydroxyl groups excluding tert-OH is 1. The Morgan fingerprint density at radius 2 is 2.05 bits per heavy atom. The lowest BCUT2D eigenvalue weighted by molar-refractivity contribution is 0.127. The monoisotopic (exact) mass is 307 g/mol. The third-order valence-corrected chi connectivity index (χ3v) is 6.21. The van der Waals surface area contributed by atoms with Gasteiger partial charge in [-0.25, -0.2) is 0 Å². The van der Waals surface area contributed by atoms with Gasteiger partial charge in [0, 0.05) is 23.7 Å². The molecule has 3 atom stereocenters. The maximum Gasteiger partial charge on any atom is 0.0762 e. The summed E-state index contributed by atoms with van der Waals surface area (Å²) in [6.07, 6.45) is 3.89. The summed E-state index contributed by atoms with van der Waals surface area (Å²) in [5.74, 6) is 0.891. The van der Waals surface area contributed by atoms with Gasteiger partial charge in [0.05, 0.1) is 18.2 Å². The van der Waals surface area contributed by atoms with E-state index in [9.17, 15) is 5.11 Å². The summed E-state index contributed by atoms with van der Waals surface area (Å²) in [6, 6.07) is 11.0. The van der Waals surface area contributed by atoms with Gasteiger partial charge in [-0.1, -0.05) is 30.3 Å². The Kier molecular flexibility index (Phi) is 4.89. The van der Waals surface area contributed by atoms with Gasteiger partial charge >= 0.3 is 0 Å². The SMILES string of the molecule is CC1OCCC1SCC(CO)(NC1CC1)c1ccccc1. The maximum atomic E-state index is 10.1. The van der Waals surface area contributed by atoms with Crippen molar-refractivity contribution in [3.8, 4) is 0 Å². The highest BCUT2D eigenvalue weighted by atomic mass is 32.2. The molecule has 1 aliphatic carbocycles. The van der Waals surface area contributed by atoms with Crippen molar-refractivity contribution in [3.05, 3.63) is 35.9 Å². The van der Waals surface area contributed by atoms with Gasteiger partial charge in [-0.15, -0.1) is 0 Å². The molecule has 1 heterocycles. The van der Waals surface area contributed by atoms with Crippen LogP contribution in [0.15, 0.2) is 30.3 Å². The van der Waals surface area contributed by atoms with Gasteiger partial charge in [0.15, 0.2) is 0 Å². The molecule has 3 rings (SSSR count). The first kappa shape index (κ1) is 15.3. The average molecular weight is 307 g/mol. The van der Waals surface area contributed by atoms with Crippen molar-refractivity contribution >= 4 is 11.8 Å². The highest BCUT2D eigenvalue weighted by molar-refractivity contribution is 8.00. The Hall–Kier alpha value is -0.550. The van der Waals surface area contributed by atoms with Crippen LogP contribution in [0.3, 0.4) is 0 Å². The van der Waals surface area contributed by atoms with Crippen LogP contribution in [0.1, 0.15) is 31.7 Å². The second-order valence-corrected chi connectivity index (χ2v) is 7.47. The zero-order chi connectivity index (χ0) is 14.7. The van der Waals surface area contributed by atoms with Gasteiger partial charge in [0.2, 0.25) is 0 Å². The minimum Gasteiger partial charge on any atom is -0.394 e. The standard InChI is InChI=1S/C17H25NO2S/c1-13-16(9-10-20-13)21-12-17(11-19,18-15-7-8-15)14-5-3-2-4-6-14/h2-6,13,15-16,18-19H,7-12H2,1H3. The van der Waals surface area contributed by atoms with E-state index in [0.717, 1.165) is 18.8 Å². The Morgan fingerprint density at radius 1 is 1.29 bits per heavy atom. The second kappa shape index (κ2) is 6.69. The van der Waals surface area contributed by atoms with E-state index in [1.807, 2.05) is 17.8 Å². The summed E-state index contributed by atoms with van der Waals surface area (Å²) < 4.78 is 5.66. The Balaban J connectivity index is 1.74. The average Bonchev–Trinajstić information content (AvgIpc) is 3.25. The van der Waals surface area contributed by atoms with Gasteiger partial charge in [-0.2, -0.15) is 11.8 Å². The molecule has 3 nitrogen and oxygen atoms in total. The Labute approximate surface area is 131 Å². The molecular weight excluding hydrogens is 282 g/mol. The molecule has 3 unspecified atom stereocenters. The molecule has 1 saturated carbocycles. The normalized spacial score (nSPS) is 28.5. The molecule has 116 valence electrons. The molecule has 1 aromatic carbocycles. The van der Waals surface area contributed by atoms with Crippen molar-refractivity contribution in [2.24, 2.45) is 0 Å². The summed E-state index contributed by atoms with van der Waals surface area (Å²) in [7, 11) is 0. The fourth-order valence-electron chi connectivity index (χ4n) is 2.95. The Morgan fingerprint density at radius 3 is 2.62 bits per heavy atom. The van der Waals surface area contributed by atoms with Crippen LogP contribution in [-0.4, -0.2) is 41.5 Å². The van der Waals surface area contributed by atoms with E-state index in [-0.39, 0.29) is 12.1 Å². The van der Waals surface area contributed by atoms with Crippen LogP contribution in [0, 0.1) is 0 Å². The molecule has 1 aromatic rings. The zero-order valence-electron chi connectivity index (χ0n) is 12.6. The van der Waals surface area contributed by atoms with Gasteiger partial charge in [0.1, 0.15) is 0 Å². The first-order valence-corrected chi connectivity index (χ1v) is 8.96. The second-order valence-electron chi connectivity index (χ2n) is 6.24. The van der Waals surface area contributed by atoms with E-state index in [1.54, 1.807) is 0 Å². The summed E-state index contributed by atoms with van der Waals surface area (Å²) >= 11 is 1.94. The van der Waals surface area contributed by atoms with Gasteiger partial charge in [-0.3, -0.25) is 0 Å². The molecule has 1 saturated heterocycles. The number of hydrogen-bond donors (Lipinski definition) is 2. The predicted molar refractivity (Wildman–Crippen MR) is 87.6 cm³/mol. The lowest BCUT2D eigenvalue weighted by Gasteiger charge is -2.35. The number of hydrogen-bond acceptors (Lipinski definition) is 4. The van der Waals surface area contributed by atoms with Crippen LogP contribution in [0.25, 0.3) is 0 Å². The van der Waals surface area contributed by atoms with Crippen molar-refractivity contribution in [2.45, 2.75) is 49.1 Å². The van der Waals surface area contributed by atoms with Gasteiger partial charge in [-0.05, 0) is 31.7 Å². The van der Waals surface area contributed by atoms with Crippen LogP contribution in [0.5, 0.6) is 0 Å². The third kappa shape index (κ3) is 3.62. The minimum atomic E-state index is -0.324. The van der Waals surface area contributed by atoms with E-state index in [4.69, 9.17) is 4.74 Å². The zero-order valence-corrected chi connectivity index (χ0v) is 13.4. The number of rotatable bonds is 7. The number of nitrogens with one attached hydrogen (secondary N) is 1. The number of thioether (sulfide) groups is 1. The van der Waals surface area contributed by atoms with E-state index in [0.29, 0.717) is 17.4 Å². The lowest BCUT2D eigenvalue weighted by Crippen LogP contribution is -2.49.